The van der Waals surface area contributed by atoms with Crippen molar-refractivity contribution in [2.45, 2.75) is 32.5 Å². The molecule has 0 saturated carbocycles. The van der Waals surface area contributed by atoms with E-state index in [4.69, 9.17) is 10.5 Å². The third-order valence-corrected chi connectivity index (χ3v) is 2.91. The number of amides is 1. The second-order valence-electron chi connectivity index (χ2n) is 4.37. The number of benzene rings is 1. The minimum Gasteiger partial charge on any atom is -0.442 e. The average molecular weight is 248 g/mol. The molecule has 1 aromatic carbocycles. The molecule has 0 bridgehead atoms. The van der Waals surface area contributed by atoms with E-state index in [0.717, 1.165) is 5.56 Å². The van der Waals surface area contributed by atoms with E-state index < -0.39 is 6.23 Å². The number of carbonyl (C=O) groups is 2. The molecule has 1 heterocycles. The lowest BCUT2D eigenvalue weighted by Gasteiger charge is -2.24. The number of nitrogens with two attached hydrogens (primary N) is 1. The minimum atomic E-state index is -0.437. The highest BCUT2D eigenvalue weighted by atomic mass is 16.6. The third-order valence-electron chi connectivity index (χ3n) is 2.91. The van der Waals surface area contributed by atoms with Gasteiger partial charge < -0.3 is 15.4 Å². The standard InChI is InChI=1S/C13H16N2O3/c1-9(16)18-13-7-6-12(17)15(13)8-10-2-4-11(14)5-3-10/h2-5,13H,6-8,14H2,1H3. The second-order valence-corrected chi connectivity index (χ2v) is 4.37. The summed E-state index contributed by atoms with van der Waals surface area (Å²) in [6.45, 7) is 1.79. The molecule has 1 unspecified atom stereocenters. The molecule has 1 atom stereocenters. The van der Waals surface area contributed by atoms with Crippen LogP contribution in [-0.2, 0) is 20.9 Å². The largest absolute Gasteiger partial charge is 0.442 e. The Bertz CT molecular complexity index is 456. The molecule has 1 aromatic rings. The predicted octanol–water partition coefficient (Wildman–Crippen LogP) is 1.28. The lowest BCUT2D eigenvalue weighted by atomic mass is 10.2. The Morgan fingerprint density at radius 1 is 1.44 bits per heavy atom. The zero-order valence-electron chi connectivity index (χ0n) is 10.3. The summed E-state index contributed by atoms with van der Waals surface area (Å²) < 4.78 is 5.13. The van der Waals surface area contributed by atoms with E-state index in [-0.39, 0.29) is 11.9 Å². The van der Waals surface area contributed by atoms with Gasteiger partial charge in [-0.1, -0.05) is 12.1 Å². The van der Waals surface area contributed by atoms with Crippen LogP contribution in [0.5, 0.6) is 0 Å². The number of hydrogen-bond acceptors (Lipinski definition) is 4. The Labute approximate surface area is 106 Å². The highest BCUT2D eigenvalue weighted by molar-refractivity contribution is 5.79. The van der Waals surface area contributed by atoms with Crippen LogP contribution in [0.15, 0.2) is 24.3 Å². The van der Waals surface area contributed by atoms with Gasteiger partial charge in [0.05, 0.1) is 0 Å². The van der Waals surface area contributed by atoms with Crippen molar-refractivity contribution in [3.8, 4) is 0 Å². The molecule has 2 rings (SSSR count). The summed E-state index contributed by atoms with van der Waals surface area (Å²) in [4.78, 5) is 24.3. The van der Waals surface area contributed by atoms with Crippen LogP contribution in [0.3, 0.4) is 0 Å². The molecule has 1 amide bonds. The molecule has 96 valence electrons. The van der Waals surface area contributed by atoms with Gasteiger partial charge in [0.2, 0.25) is 5.91 Å². The lowest BCUT2D eigenvalue weighted by molar-refractivity contribution is -0.157. The molecule has 0 aliphatic carbocycles. The molecule has 1 fully saturated rings. The Morgan fingerprint density at radius 2 is 2.11 bits per heavy atom. The molecule has 0 radical (unpaired) electrons. The summed E-state index contributed by atoms with van der Waals surface area (Å²) in [6.07, 6.45) is 0.549. The number of rotatable bonds is 3. The fraction of sp³-hybridized carbons (Fsp3) is 0.385. The number of carbonyl (C=O) groups excluding carboxylic acids is 2. The predicted molar refractivity (Wildman–Crippen MR) is 66.2 cm³/mol. The molecule has 0 aromatic heterocycles. The van der Waals surface area contributed by atoms with E-state index in [2.05, 4.69) is 0 Å². The number of anilines is 1. The smallest absolute Gasteiger partial charge is 0.304 e. The van der Waals surface area contributed by atoms with Crippen LogP contribution in [0.2, 0.25) is 0 Å². The van der Waals surface area contributed by atoms with E-state index in [1.807, 2.05) is 12.1 Å². The quantitative estimate of drug-likeness (QED) is 0.646. The van der Waals surface area contributed by atoms with E-state index >= 15 is 0 Å². The van der Waals surface area contributed by atoms with E-state index in [1.54, 1.807) is 17.0 Å². The van der Waals surface area contributed by atoms with Gasteiger partial charge in [-0.15, -0.1) is 0 Å². The van der Waals surface area contributed by atoms with Gasteiger partial charge >= 0.3 is 5.97 Å². The lowest BCUT2D eigenvalue weighted by Crippen LogP contribution is -2.35. The van der Waals surface area contributed by atoms with Crippen LogP contribution < -0.4 is 5.73 Å². The first-order valence-electron chi connectivity index (χ1n) is 5.87. The Morgan fingerprint density at radius 3 is 2.72 bits per heavy atom. The summed E-state index contributed by atoms with van der Waals surface area (Å²) >= 11 is 0. The number of likely N-dealkylation sites (tertiary alicyclic amines) is 1. The van der Waals surface area contributed by atoms with Crippen LogP contribution in [0.4, 0.5) is 5.69 Å². The monoisotopic (exact) mass is 248 g/mol. The number of nitrogen functional groups attached to an aromatic ring is 1. The van der Waals surface area contributed by atoms with Crippen LogP contribution in [0.1, 0.15) is 25.3 Å². The zero-order valence-corrected chi connectivity index (χ0v) is 10.3. The van der Waals surface area contributed by atoms with Gasteiger partial charge in [0.1, 0.15) is 0 Å². The van der Waals surface area contributed by atoms with Crippen molar-refractivity contribution in [3.05, 3.63) is 29.8 Å². The number of hydrogen-bond donors (Lipinski definition) is 1. The van der Waals surface area contributed by atoms with Crippen LogP contribution in [0.25, 0.3) is 0 Å². The normalized spacial score (nSPS) is 19.1. The minimum absolute atomic E-state index is 0.0121. The summed E-state index contributed by atoms with van der Waals surface area (Å²) in [5, 5.41) is 0. The number of esters is 1. The average Bonchev–Trinajstić information content (AvgIpc) is 2.64. The first-order valence-corrected chi connectivity index (χ1v) is 5.87. The molecular weight excluding hydrogens is 232 g/mol. The van der Waals surface area contributed by atoms with Crippen molar-refractivity contribution in [2.24, 2.45) is 0 Å². The van der Waals surface area contributed by atoms with Gasteiger partial charge in [-0.25, -0.2) is 0 Å². The maximum atomic E-state index is 11.7. The highest BCUT2D eigenvalue weighted by Gasteiger charge is 2.32. The van der Waals surface area contributed by atoms with E-state index in [0.29, 0.717) is 25.1 Å². The van der Waals surface area contributed by atoms with Crippen molar-refractivity contribution in [3.63, 3.8) is 0 Å². The third kappa shape index (κ3) is 2.80. The molecule has 1 aliphatic heterocycles. The fourth-order valence-electron chi connectivity index (χ4n) is 2.03. The molecule has 0 spiro atoms. The first kappa shape index (κ1) is 12.4. The topological polar surface area (TPSA) is 72.6 Å². The second kappa shape index (κ2) is 5.08. The van der Waals surface area contributed by atoms with Crippen molar-refractivity contribution >= 4 is 17.6 Å². The summed E-state index contributed by atoms with van der Waals surface area (Å²) in [7, 11) is 0. The van der Waals surface area contributed by atoms with Gasteiger partial charge in [-0.2, -0.15) is 0 Å². The highest BCUT2D eigenvalue weighted by Crippen LogP contribution is 2.22. The maximum Gasteiger partial charge on any atom is 0.304 e. The van der Waals surface area contributed by atoms with E-state index in [1.165, 1.54) is 6.92 Å². The molecular formula is C13H16N2O3. The van der Waals surface area contributed by atoms with Gasteiger partial charge in [0.25, 0.3) is 0 Å². The molecule has 5 heteroatoms. The molecule has 1 aliphatic rings. The summed E-state index contributed by atoms with van der Waals surface area (Å²) in [6, 6.07) is 7.31. The van der Waals surface area contributed by atoms with Crippen molar-refractivity contribution in [2.75, 3.05) is 5.73 Å². The zero-order chi connectivity index (χ0) is 13.1. The number of ether oxygens (including phenoxy) is 1. The van der Waals surface area contributed by atoms with Gasteiger partial charge in [0.15, 0.2) is 6.23 Å². The van der Waals surface area contributed by atoms with Crippen molar-refractivity contribution in [1.29, 1.82) is 0 Å². The Balaban J connectivity index is 2.07. The SMILES string of the molecule is CC(=O)OC1CCC(=O)N1Cc1ccc(N)cc1. The van der Waals surface area contributed by atoms with Gasteiger partial charge in [0, 0.05) is 32.0 Å². The Hall–Kier alpha value is -2.04. The first-order chi connectivity index (χ1) is 8.56. The van der Waals surface area contributed by atoms with Gasteiger partial charge in [-0.05, 0) is 17.7 Å². The van der Waals surface area contributed by atoms with Crippen LogP contribution in [-0.4, -0.2) is 23.0 Å². The van der Waals surface area contributed by atoms with Crippen LogP contribution >= 0.6 is 0 Å². The van der Waals surface area contributed by atoms with Crippen molar-refractivity contribution in [1.82, 2.24) is 4.90 Å². The molecule has 2 N–H and O–H groups in total. The summed E-state index contributed by atoms with van der Waals surface area (Å²) in [5.41, 5.74) is 7.26. The summed E-state index contributed by atoms with van der Waals surface area (Å²) in [5.74, 6) is -0.352. The fourth-order valence-corrected chi connectivity index (χ4v) is 2.03. The van der Waals surface area contributed by atoms with Crippen LogP contribution in [0, 0.1) is 0 Å². The van der Waals surface area contributed by atoms with Gasteiger partial charge in [-0.3, -0.25) is 9.59 Å². The van der Waals surface area contributed by atoms with E-state index in [9.17, 15) is 9.59 Å². The molecule has 18 heavy (non-hydrogen) atoms. The van der Waals surface area contributed by atoms with Crippen molar-refractivity contribution < 1.29 is 14.3 Å². The maximum absolute atomic E-state index is 11.7. The molecule has 1 saturated heterocycles. The number of nitrogens with zero attached hydrogens (tertiary/aromatic N) is 1. The molecule has 5 nitrogen and oxygen atoms in total. The Kier molecular flexibility index (Phi) is 3.50.